The van der Waals surface area contributed by atoms with E-state index in [2.05, 4.69) is 0 Å². The summed E-state index contributed by atoms with van der Waals surface area (Å²) in [6.45, 7) is 0. The summed E-state index contributed by atoms with van der Waals surface area (Å²) in [7, 11) is 0. The number of carbonyl (C=O) groups excluding carboxylic acids is 6. The molecule has 8 atom stereocenters. The maximum atomic E-state index is 11.3. The summed E-state index contributed by atoms with van der Waals surface area (Å²) >= 11 is 0. The monoisotopic (exact) mass is 424 g/mol. The lowest BCUT2D eigenvalue weighted by Gasteiger charge is -2.12. The lowest BCUT2D eigenvalue weighted by molar-refractivity contribution is -0.126. The van der Waals surface area contributed by atoms with E-state index in [-0.39, 0.29) is 102 Å². The normalized spacial score (nSPS) is 42.2. The predicted molar refractivity (Wildman–Crippen MR) is 103 cm³/mol. The van der Waals surface area contributed by atoms with E-state index in [9.17, 15) is 28.8 Å². The third-order valence-corrected chi connectivity index (χ3v) is 6.79. The molecule has 31 heavy (non-hydrogen) atoms. The van der Waals surface area contributed by atoms with E-state index in [1.165, 1.54) is 12.2 Å². The summed E-state index contributed by atoms with van der Waals surface area (Å²) in [4.78, 5) is 65.6. The summed E-state index contributed by atoms with van der Waals surface area (Å²) in [6, 6.07) is 0. The fraction of sp³-hybridized carbons (Fsp3) is 0.478. The maximum Gasteiger partial charge on any atom is 0.163 e. The predicted octanol–water partition coefficient (Wildman–Crippen LogP) is 0.280. The van der Waals surface area contributed by atoms with Crippen molar-refractivity contribution in [3.8, 4) is 0 Å². The van der Waals surface area contributed by atoms with Gasteiger partial charge in [0, 0.05) is 0 Å². The highest BCUT2D eigenvalue weighted by molar-refractivity contribution is 6.16. The third-order valence-electron chi connectivity index (χ3n) is 6.79. The van der Waals surface area contributed by atoms with Crippen LogP contribution in [0, 0.1) is 23.7 Å². The van der Waals surface area contributed by atoms with Crippen molar-refractivity contribution in [3.63, 3.8) is 0 Å². The van der Waals surface area contributed by atoms with Crippen molar-refractivity contribution >= 4 is 34.7 Å². The van der Waals surface area contributed by atoms with Gasteiger partial charge in [-0.2, -0.15) is 0 Å². The summed E-state index contributed by atoms with van der Waals surface area (Å²) in [5.74, 6) is -0.456. The molecule has 4 bridgehead atoms. The minimum Gasteiger partial charge on any atom is -0.365 e. The smallest absolute Gasteiger partial charge is 0.163 e. The van der Waals surface area contributed by atoms with E-state index < -0.39 is 0 Å². The number of carbonyl (C=O) groups is 6. The third kappa shape index (κ3) is 3.30. The topological polar surface area (TPSA) is 121 Å². The molecule has 0 aromatic heterocycles. The highest BCUT2D eigenvalue weighted by Crippen LogP contribution is 2.45. The number of allylic oxidation sites excluding steroid dienone is 2. The van der Waals surface area contributed by atoms with Crippen LogP contribution in [0.4, 0.5) is 0 Å². The molecule has 4 heterocycles. The van der Waals surface area contributed by atoms with Crippen LogP contribution in [0.5, 0.6) is 0 Å². The van der Waals surface area contributed by atoms with Gasteiger partial charge in [-0.3, -0.25) is 28.8 Å². The van der Waals surface area contributed by atoms with E-state index in [1.54, 1.807) is 0 Å². The van der Waals surface area contributed by atoms with Gasteiger partial charge in [-0.1, -0.05) is 24.3 Å². The number of ketones is 6. The Morgan fingerprint density at radius 3 is 1.00 bits per heavy atom. The largest absolute Gasteiger partial charge is 0.365 e. The zero-order valence-electron chi connectivity index (χ0n) is 16.5. The minimum absolute atomic E-state index is 0.0712. The molecule has 8 nitrogen and oxygen atoms in total. The van der Waals surface area contributed by atoms with Crippen LogP contribution < -0.4 is 0 Å². The van der Waals surface area contributed by atoms with Gasteiger partial charge in [0.15, 0.2) is 11.6 Å². The highest BCUT2D eigenvalue weighted by Gasteiger charge is 2.57. The first-order valence-corrected chi connectivity index (χ1v) is 10.4. The highest BCUT2D eigenvalue weighted by atomic mass is 16.5. The molecule has 0 radical (unpaired) electrons. The van der Waals surface area contributed by atoms with E-state index in [0.717, 1.165) is 0 Å². The van der Waals surface area contributed by atoms with Gasteiger partial charge in [0.05, 0.1) is 67.3 Å². The SMILES string of the molecule is O=C1C=CC(=O)C1.O=C1CC(=O)C2C3C=CC(O3)C12.O=C1CC(=O)C2C3C=CC(O3)C12. The maximum absolute atomic E-state index is 11.3. The Hall–Kier alpha value is -2.84. The number of ether oxygens (including phenoxy) is 2. The number of fused-ring (bicyclic) bond motifs is 10. The first-order chi connectivity index (χ1) is 14.8. The molecule has 7 aliphatic rings. The Labute approximate surface area is 177 Å². The Balaban J connectivity index is 0.000000103. The summed E-state index contributed by atoms with van der Waals surface area (Å²) in [5.41, 5.74) is 0. The Kier molecular flexibility index (Phi) is 4.79. The van der Waals surface area contributed by atoms with Gasteiger partial charge in [-0.05, 0) is 12.2 Å². The van der Waals surface area contributed by atoms with Crippen molar-refractivity contribution in [2.45, 2.75) is 43.7 Å². The van der Waals surface area contributed by atoms with Gasteiger partial charge in [-0.15, -0.1) is 0 Å². The number of hydrogen-bond acceptors (Lipinski definition) is 8. The molecule has 4 fully saturated rings. The molecule has 0 spiro atoms. The molecule has 0 N–H and O–H groups in total. The average molecular weight is 424 g/mol. The summed E-state index contributed by atoms with van der Waals surface area (Å²) in [6.07, 6.45) is 10.2. The van der Waals surface area contributed by atoms with E-state index >= 15 is 0 Å². The molecule has 2 saturated carbocycles. The van der Waals surface area contributed by atoms with Gasteiger partial charge >= 0.3 is 0 Å². The molecular weight excluding hydrogens is 404 g/mol. The van der Waals surface area contributed by atoms with Crippen molar-refractivity contribution in [2.24, 2.45) is 23.7 Å². The van der Waals surface area contributed by atoms with Gasteiger partial charge in [0.25, 0.3) is 0 Å². The van der Waals surface area contributed by atoms with E-state index in [0.29, 0.717) is 0 Å². The molecule has 7 rings (SSSR count). The van der Waals surface area contributed by atoms with Crippen molar-refractivity contribution < 1.29 is 38.2 Å². The first kappa shape index (κ1) is 20.1. The molecule has 8 heteroatoms. The molecule has 4 aliphatic heterocycles. The van der Waals surface area contributed by atoms with Crippen LogP contribution in [0.1, 0.15) is 19.3 Å². The number of hydrogen-bond donors (Lipinski definition) is 0. The van der Waals surface area contributed by atoms with Crippen molar-refractivity contribution in [1.82, 2.24) is 0 Å². The van der Waals surface area contributed by atoms with Crippen LogP contribution in [-0.4, -0.2) is 59.1 Å². The zero-order chi connectivity index (χ0) is 21.9. The average Bonchev–Trinajstić information content (AvgIpc) is 3.54. The van der Waals surface area contributed by atoms with Gasteiger partial charge < -0.3 is 9.47 Å². The summed E-state index contributed by atoms with van der Waals surface area (Å²) < 4.78 is 10.9. The van der Waals surface area contributed by atoms with Crippen LogP contribution in [0.2, 0.25) is 0 Å². The van der Waals surface area contributed by atoms with E-state index in [1.807, 2.05) is 24.3 Å². The molecular formula is C23H20O8. The second-order valence-corrected chi connectivity index (χ2v) is 8.67. The van der Waals surface area contributed by atoms with Crippen LogP contribution in [-0.2, 0) is 38.2 Å². The fourth-order valence-electron chi connectivity index (χ4n) is 5.44. The van der Waals surface area contributed by atoms with Gasteiger partial charge in [0.2, 0.25) is 0 Å². The molecule has 0 amide bonds. The summed E-state index contributed by atoms with van der Waals surface area (Å²) in [5, 5.41) is 0. The number of rotatable bonds is 0. The molecule has 3 aliphatic carbocycles. The number of Topliss-reactive ketones (excluding diaryl/α,β-unsaturated/α-hetero) is 4. The van der Waals surface area contributed by atoms with Crippen LogP contribution in [0.3, 0.4) is 0 Å². The Morgan fingerprint density at radius 2 is 0.774 bits per heavy atom. The van der Waals surface area contributed by atoms with Crippen molar-refractivity contribution in [1.29, 1.82) is 0 Å². The Morgan fingerprint density at radius 1 is 0.484 bits per heavy atom. The molecule has 0 aromatic rings. The molecule has 2 saturated heterocycles. The standard InChI is InChI=1S/2C9H8O3.C5H4O2/c2*10-4-3-5(11)9-7-2-1-6(12-7)8(4)9;6-4-1-2-5(7)3-4/h2*1-2,6-9H,3H2;1-2H,3H2. The quantitative estimate of drug-likeness (QED) is 0.402. The minimum atomic E-state index is -0.146. The van der Waals surface area contributed by atoms with E-state index in [4.69, 9.17) is 9.47 Å². The molecule has 160 valence electrons. The lowest BCUT2D eigenvalue weighted by atomic mass is 9.85. The van der Waals surface area contributed by atoms with Gasteiger partial charge in [-0.25, -0.2) is 0 Å². The van der Waals surface area contributed by atoms with Crippen LogP contribution >= 0.6 is 0 Å². The second kappa shape index (κ2) is 7.39. The zero-order valence-corrected chi connectivity index (χ0v) is 16.5. The Bertz CT molecular complexity index is 867. The molecule has 0 aromatic carbocycles. The van der Waals surface area contributed by atoms with Crippen LogP contribution in [0.25, 0.3) is 0 Å². The van der Waals surface area contributed by atoms with Crippen molar-refractivity contribution in [2.75, 3.05) is 0 Å². The van der Waals surface area contributed by atoms with Gasteiger partial charge in [0.1, 0.15) is 23.1 Å². The van der Waals surface area contributed by atoms with Crippen LogP contribution in [0.15, 0.2) is 36.5 Å². The second-order valence-electron chi connectivity index (χ2n) is 8.67. The van der Waals surface area contributed by atoms with Crippen molar-refractivity contribution in [3.05, 3.63) is 36.5 Å². The fourth-order valence-corrected chi connectivity index (χ4v) is 5.44. The first-order valence-electron chi connectivity index (χ1n) is 10.4. The molecule has 8 unspecified atom stereocenters. The lowest BCUT2D eigenvalue weighted by Crippen LogP contribution is -2.26.